The molecule has 0 spiro atoms. The van der Waals surface area contributed by atoms with Gasteiger partial charge in [0.1, 0.15) is 0 Å². The van der Waals surface area contributed by atoms with Crippen LogP contribution < -0.4 is 5.32 Å². The van der Waals surface area contributed by atoms with E-state index in [9.17, 15) is 4.79 Å². The van der Waals surface area contributed by atoms with E-state index in [0.717, 1.165) is 32.2 Å². The summed E-state index contributed by atoms with van der Waals surface area (Å²) in [7, 11) is 0. The smallest absolute Gasteiger partial charge is 0.255 e. The third-order valence-electron chi connectivity index (χ3n) is 3.49. The zero-order valence-electron chi connectivity index (χ0n) is 11.8. The van der Waals surface area contributed by atoms with Gasteiger partial charge in [0, 0.05) is 27.1 Å². The van der Waals surface area contributed by atoms with Crippen molar-refractivity contribution in [2.45, 2.75) is 13.8 Å². The molecule has 106 valence electrons. The molecule has 1 heterocycles. The van der Waals surface area contributed by atoms with Crippen LogP contribution in [0.4, 0.5) is 5.69 Å². The van der Waals surface area contributed by atoms with E-state index in [1.165, 1.54) is 0 Å². The second-order valence-corrected chi connectivity index (χ2v) is 6.03. The van der Waals surface area contributed by atoms with Crippen molar-refractivity contribution < 1.29 is 4.79 Å². The summed E-state index contributed by atoms with van der Waals surface area (Å²) >= 11 is 3.51. The first kappa shape index (κ1) is 13.9. The summed E-state index contributed by atoms with van der Waals surface area (Å²) < 4.78 is 0.899. The van der Waals surface area contributed by atoms with E-state index in [1.54, 1.807) is 0 Å². The first-order valence-corrected chi connectivity index (χ1v) is 7.49. The van der Waals surface area contributed by atoms with Crippen LogP contribution in [-0.4, -0.2) is 10.9 Å². The van der Waals surface area contributed by atoms with E-state index in [0.29, 0.717) is 5.56 Å². The fraction of sp³-hybridized carbons (Fsp3) is 0.118. The van der Waals surface area contributed by atoms with Crippen LogP contribution >= 0.6 is 15.9 Å². The molecule has 21 heavy (non-hydrogen) atoms. The second kappa shape index (κ2) is 5.37. The van der Waals surface area contributed by atoms with Gasteiger partial charge in [-0.1, -0.05) is 6.07 Å². The van der Waals surface area contributed by atoms with Crippen LogP contribution in [0.3, 0.4) is 0 Å². The van der Waals surface area contributed by atoms with Gasteiger partial charge in [-0.25, -0.2) is 0 Å². The van der Waals surface area contributed by atoms with Gasteiger partial charge in [-0.05, 0) is 71.2 Å². The van der Waals surface area contributed by atoms with E-state index in [-0.39, 0.29) is 5.91 Å². The Kier molecular flexibility index (Phi) is 3.55. The van der Waals surface area contributed by atoms with Crippen molar-refractivity contribution in [3.05, 3.63) is 63.8 Å². The summed E-state index contributed by atoms with van der Waals surface area (Å²) in [4.78, 5) is 15.5. The van der Waals surface area contributed by atoms with Gasteiger partial charge in [0.25, 0.3) is 5.91 Å². The Morgan fingerprint density at radius 3 is 2.71 bits per heavy atom. The quantitative estimate of drug-likeness (QED) is 0.690. The number of hydrogen-bond acceptors (Lipinski definition) is 1. The number of hydrogen-bond donors (Lipinski definition) is 2. The number of anilines is 1. The molecule has 0 aliphatic heterocycles. The molecule has 0 atom stereocenters. The van der Waals surface area contributed by atoms with E-state index >= 15 is 0 Å². The molecule has 1 aromatic heterocycles. The number of fused-ring (bicyclic) bond motifs is 1. The third kappa shape index (κ3) is 2.72. The summed E-state index contributed by atoms with van der Waals surface area (Å²) in [5.74, 6) is -0.106. The van der Waals surface area contributed by atoms with E-state index < -0.39 is 0 Å². The minimum absolute atomic E-state index is 0.106. The van der Waals surface area contributed by atoms with Crippen molar-refractivity contribution in [1.82, 2.24) is 4.98 Å². The van der Waals surface area contributed by atoms with Gasteiger partial charge in [-0.15, -0.1) is 0 Å². The Balaban J connectivity index is 1.92. The zero-order chi connectivity index (χ0) is 15.0. The van der Waals surface area contributed by atoms with Crippen LogP contribution in [0.15, 0.2) is 47.1 Å². The number of nitrogens with one attached hydrogen (secondary N) is 2. The minimum atomic E-state index is -0.106. The van der Waals surface area contributed by atoms with Crippen molar-refractivity contribution in [2.24, 2.45) is 0 Å². The molecule has 1 amide bonds. The first-order valence-electron chi connectivity index (χ1n) is 6.70. The van der Waals surface area contributed by atoms with E-state index in [2.05, 4.69) is 32.3 Å². The second-order valence-electron chi connectivity index (χ2n) is 5.17. The van der Waals surface area contributed by atoms with Crippen molar-refractivity contribution in [2.75, 3.05) is 5.32 Å². The SMILES string of the molecule is Cc1cc(C)c(NC(=O)c2ccc3[nH]ccc3c2)c(Br)c1. The van der Waals surface area contributed by atoms with Crippen LogP contribution in [0.2, 0.25) is 0 Å². The highest BCUT2D eigenvalue weighted by molar-refractivity contribution is 9.10. The normalized spacial score (nSPS) is 10.8. The standard InChI is InChI=1S/C17H15BrN2O/c1-10-7-11(2)16(14(18)8-10)20-17(21)13-3-4-15-12(9-13)5-6-19-15/h3-9,19H,1-2H3,(H,20,21). The Morgan fingerprint density at radius 2 is 1.95 bits per heavy atom. The summed E-state index contributed by atoms with van der Waals surface area (Å²) in [6, 6.07) is 11.6. The molecule has 3 rings (SSSR count). The lowest BCUT2D eigenvalue weighted by Gasteiger charge is -2.12. The lowest BCUT2D eigenvalue weighted by atomic mass is 10.1. The Morgan fingerprint density at radius 1 is 1.14 bits per heavy atom. The van der Waals surface area contributed by atoms with Crippen LogP contribution in [0.5, 0.6) is 0 Å². The number of H-pyrrole nitrogens is 1. The number of aromatic nitrogens is 1. The highest BCUT2D eigenvalue weighted by atomic mass is 79.9. The molecule has 0 radical (unpaired) electrons. The highest BCUT2D eigenvalue weighted by Gasteiger charge is 2.11. The van der Waals surface area contributed by atoms with Gasteiger partial charge in [0.05, 0.1) is 5.69 Å². The molecule has 0 bridgehead atoms. The van der Waals surface area contributed by atoms with Gasteiger partial charge < -0.3 is 10.3 Å². The van der Waals surface area contributed by atoms with Gasteiger partial charge in [0.2, 0.25) is 0 Å². The number of rotatable bonds is 2. The third-order valence-corrected chi connectivity index (χ3v) is 4.11. The van der Waals surface area contributed by atoms with Gasteiger partial charge >= 0.3 is 0 Å². The number of halogens is 1. The molecule has 0 saturated carbocycles. The summed E-state index contributed by atoms with van der Waals surface area (Å²) in [6.07, 6.45) is 1.87. The maximum atomic E-state index is 12.4. The molecule has 3 nitrogen and oxygen atoms in total. The average molecular weight is 343 g/mol. The van der Waals surface area contributed by atoms with Gasteiger partial charge in [-0.3, -0.25) is 4.79 Å². The molecule has 0 fully saturated rings. The minimum Gasteiger partial charge on any atom is -0.361 e. The average Bonchev–Trinajstić information content (AvgIpc) is 2.89. The van der Waals surface area contributed by atoms with Crippen LogP contribution in [0, 0.1) is 13.8 Å². The fourth-order valence-electron chi connectivity index (χ4n) is 2.45. The molecule has 4 heteroatoms. The summed E-state index contributed by atoms with van der Waals surface area (Å²) in [5, 5.41) is 4.01. The van der Waals surface area contributed by atoms with Gasteiger partial charge in [0.15, 0.2) is 0 Å². The summed E-state index contributed by atoms with van der Waals surface area (Å²) in [5.41, 5.74) is 4.69. The molecule has 2 aromatic carbocycles. The van der Waals surface area contributed by atoms with Crippen LogP contribution in [0.1, 0.15) is 21.5 Å². The molecule has 0 aliphatic rings. The summed E-state index contributed by atoms with van der Waals surface area (Å²) in [6.45, 7) is 4.02. The number of carbonyl (C=O) groups excluding carboxylic acids is 1. The maximum absolute atomic E-state index is 12.4. The number of carbonyl (C=O) groups is 1. The number of aryl methyl sites for hydroxylation is 2. The van der Waals surface area contributed by atoms with Crippen molar-refractivity contribution in [1.29, 1.82) is 0 Å². The molecule has 2 N–H and O–H groups in total. The Labute approximate surface area is 131 Å². The molecule has 0 unspecified atom stereocenters. The lowest BCUT2D eigenvalue weighted by molar-refractivity contribution is 0.102. The number of aromatic amines is 1. The Bertz CT molecular complexity index is 813. The Hall–Kier alpha value is -2.07. The largest absolute Gasteiger partial charge is 0.361 e. The zero-order valence-corrected chi connectivity index (χ0v) is 13.4. The number of amides is 1. The van der Waals surface area contributed by atoms with Crippen molar-refractivity contribution >= 4 is 38.4 Å². The van der Waals surface area contributed by atoms with Crippen molar-refractivity contribution in [3.8, 4) is 0 Å². The molecule has 0 aliphatic carbocycles. The predicted molar refractivity (Wildman–Crippen MR) is 89.9 cm³/mol. The monoisotopic (exact) mass is 342 g/mol. The van der Waals surface area contributed by atoms with Gasteiger partial charge in [-0.2, -0.15) is 0 Å². The van der Waals surface area contributed by atoms with E-state index in [4.69, 9.17) is 0 Å². The predicted octanol–water partition coefficient (Wildman–Crippen LogP) is 4.80. The number of benzene rings is 2. The van der Waals surface area contributed by atoms with Crippen molar-refractivity contribution in [3.63, 3.8) is 0 Å². The maximum Gasteiger partial charge on any atom is 0.255 e. The molecule has 3 aromatic rings. The lowest BCUT2D eigenvalue weighted by Crippen LogP contribution is -2.13. The van der Waals surface area contributed by atoms with Crippen LogP contribution in [0.25, 0.3) is 10.9 Å². The topological polar surface area (TPSA) is 44.9 Å². The molecular formula is C17H15BrN2O. The molecule has 0 saturated heterocycles. The van der Waals surface area contributed by atoms with Crippen LogP contribution in [-0.2, 0) is 0 Å². The highest BCUT2D eigenvalue weighted by Crippen LogP contribution is 2.28. The molecular weight excluding hydrogens is 328 g/mol. The van der Waals surface area contributed by atoms with E-state index in [1.807, 2.05) is 50.4 Å². The first-order chi connectivity index (χ1) is 10.0. The fourth-order valence-corrected chi connectivity index (χ4v) is 3.23.